The second-order valence-corrected chi connectivity index (χ2v) is 6.40. The summed E-state index contributed by atoms with van der Waals surface area (Å²) in [6.07, 6.45) is 2.52. The van der Waals surface area contributed by atoms with Crippen LogP contribution in [0.1, 0.15) is 32.9 Å². The van der Waals surface area contributed by atoms with Crippen molar-refractivity contribution < 1.29 is 4.79 Å². The number of benzene rings is 1. The summed E-state index contributed by atoms with van der Waals surface area (Å²) in [5, 5.41) is 10.9. The van der Waals surface area contributed by atoms with Gasteiger partial charge in [-0.1, -0.05) is 23.2 Å². The van der Waals surface area contributed by atoms with Crippen molar-refractivity contribution in [3.63, 3.8) is 0 Å². The molecule has 1 aromatic carbocycles. The number of aromatic nitrogens is 2. The number of halogens is 2. The molecule has 6 heteroatoms. The van der Waals surface area contributed by atoms with Gasteiger partial charge in [-0.25, -0.2) is 0 Å². The minimum atomic E-state index is 0.178. The summed E-state index contributed by atoms with van der Waals surface area (Å²) < 4.78 is 2.01. The van der Waals surface area contributed by atoms with Crippen molar-refractivity contribution in [2.24, 2.45) is 7.05 Å². The Kier molecular flexibility index (Phi) is 4.31. The monoisotopic (exact) mass is 357 g/mol. The first-order valence-electron chi connectivity index (χ1n) is 7.23. The molecule has 24 heavy (non-hydrogen) atoms. The molecule has 0 saturated carbocycles. The van der Waals surface area contributed by atoms with Crippen LogP contribution in [0.25, 0.3) is 10.9 Å². The molecule has 4 nitrogen and oxygen atoms in total. The van der Waals surface area contributed by atoms with Crippen LogP contribution in [-0.4, -0.2) is 15.8 Å². The quantitative estimate of drug-likeness (QED) is 0.650. The van der Waals surface area contributed by atoms with Crippen LogP contribution in [0.4, 0.5) is 0 Å². The van der Waals surface area contributed by atoms with Gasteiger partial charge in [-0.05, 0) is 36.2 Å². The van der Waals surface area contributed by atoms with Crippen LogP contribution < -0.4 is 0 Å². The van der Waals surface area contributed by atoms with Crippen molar-refractivity contribution in [3.8, 4) is 6.07 Å². The minimum Gasteiger partial charge on any atom is -0.347 e. The molecule has 0 saturated heterocycles. The van der Waals surface area contributed by atoms with E-state index in [-0.39, 0.29) is 10.7 Å². The van der Waals surface area contributed by atoms with Crippen LogP contribution >= 0.6 is 23.2 Å². The van der Waals surface area contributed by atoms with E-state index in [1.807, 2.05) is 30.7 Å². The molecule has 3 aromatic rings. The smallest absolute Gasteiger partial charge is 0.169 e. The number of hydrogen-bond acceptors (Lipinski definition) is 3. The molecule has 3 rings (SSSR count). The Morgan fingerprint density at radius 1 is 1.33 bits per heavy atom. The Balaban J connectivity index is 2.16. The van der Waals surface area contributed by atoms with Gasteiger partial charge in [0.2, 0.25) is 0 Å². The third kappa shape index (κ3) is 2.66. The highest BCUT2D eigenvalue weighted by atomic mass is 35.5. The molecular formula is C18H13Cl2N3O. The number of pyridine rings is 1. The lowest BCUT2D eigenvalue weighted by Gasteiger charge is -2.09. The van der Waals surface area contributed by atoms with Crippen LogP contribution in [0.5, 0.6) is 0 Å². The molecule has 0 radical (unpaired) electrons. The predicted molar refractivity (Wildman–Crippen MR) is 94.8 cm³/mol. The van der Waals surface area contributed by atoms with E-state index in [0.717, 1.165) is 22.2 Å². The van der Waals surface area contributed by atoms with Gasteiger partial charge >= 0.3 is 0 Å². The first-order chi connectivity index (χ1) is 11.5. The number of carbonyl (C=O) groups is 1. The number of aryl methyl sites for hydroxylation is 2. The number of nitriles is 1. The maximum absolute atomic E-state index is 11.0. The van der Waals surface area contributed by atoms with Gasteiger partial charge in [-0.2, -0.15) is 5.26 Å². The zero-order chi connectivity index (χ0) is 17.4. The third-order valence-corrected chi connectivity index (χ3v) is 4.91. The summed E-state index contributed by atoms with van der Waals surface area (Å²) >= 11 is 12.5. The summed E-state index contributed by atoms with van der Waals surface area (Å²) in [5.74, 6) is 0. The summed E-state index contributed by atoms with van der Waals surface area (Å²) in [6, 6.07) is 7.96. The van der Waals surface area contributed by atoms with Gasteiger partial charge in [0.1, 0.15) is 5.69 Å². The van der Waals surface area contributed by atoms with E-state index in [1.54, 1.807) is 0 Å². The molecular weight excluding hydrogens is 345 g/mol. The maximum atomic E-state index is 11.0. The standard InChI is InChI=1S/C18H13Cl2N3O/c1-10-3-11(7-21)4-17-13(10)5-12(23(17)2)6-14-15(19)8-22-16(9-24)18(14)20/h3-5,8-9H,6H2,1-2H3. The van der Waals surface area contributed by atoms with Crippen LogP contribution in [-0.2, 0) is 13.5 Å². The lowest BCUT2D eigenvalue weighted by atomic mass is 10.1. The fourth-order valence-electron chi connectivity index (χ4n) is 2.84. The normalized spacial score (nSPS) is 10.8. The van der Waals surface area contributed by atoms with Gasteiger partial charge < -0.3 is 4.57 Å². The van der Waals surface area contributed by atoms with Crippen LogP contribution in [0.15, 0.2) is 24.4 Å². The molecule has 0 fully saturated rings. The Hall–Kier alpha value is -2.35. The highest BCUT2D eigenvalue weighted by molar-refractivity contribution is 6.37. The van der Waals surface area contributed by atoms with E-state index in [0.29, 0.717) is 28.9 Å². The second kappa shape index (κ2) is 6.27. The van der Waals surface area contributed by atoms with Crippen molar-refractivity contribution in [2.75, 3.05) is 0 Å². The number of aldehydes is 1. The molecule has 0 N–H and O–H groups in total. The topological polar surface area (TPSA) is 58.7 Å². The zero-order valence-electron chi connectivity index (χ0n) is 13.1. The molecule has 0 amide bonds. The van der Waals surface area contributed by atoms with E-state index in [4.69, 9.17) is 28.5 Å². The number of carbonyl (C=O) groups excluding carboxylic acids is 1. The van der Waals surface area contributed by atoms with E-state index in [9.17, 15) is 4.79 Å². The van der Waals surface area contributed by atoms with Crippen molar-refractivity contribution in [2.45, 2.75) is 13.3 Å². The second-order valence-electron chi connectivity index (χ2n) is 5.61. The van der Waals surface area contributed by atoms with E-state index in [2.05, 4.69) is 17.1 Å². The molecule has 0 unspecified atom stereocenters. The molecule has 2 aromatic heterocycles. The van der Waals surface area contributed by atoms with Crippen LogP contribution in [0, 0.1) is 18.3 Å². The molecule has 0 bridgehead atoms. The molecule has 0 atom stereocenters. The third-order valence-electron chi connectivity index (χ3n) is 4.16. The molecule has 0 aliphatic heterocycles. The minimum absolute atomic E-state index is 0.178. The average molecular weight is 358 g/mol. The van der Waals surface area contributed by atoms with Crippen molar-refractivity contribution >= 4 is 40.4 Å². The number of fused-ring (bicyclic) bond motifs is 1. The Morgan fingerprint density at radius 2 is 2.08 bits per heavy atom. The fraction of sp³-hybridized carbons (Fsp3) is 0.167. The van der Waals surface area contributed by atoms with Crippen LogP contribution in [0.3, 0.4) is 0 Å². The maximum Gasteiger partial charge on any atom is 0.169 e. The Morgan fingerprint density at radius 3 is 2.75 bits per heavy atom. The van der Waals surface area contributed by atoms with Crippen molar-refractivity contribution in [1.29, 1.82) is 5.26 Å². The van der Waals surface area contributed by atoms with Gasteiger partial charge in [-0.15, -0.1) is 0 Å². The highest BCUT2D eigenvalue weighted by Crippen LogP contribution is 2.31. The Bertz CT molecular complexity index is 1020. The summed E-state index contributed by atoms with van der Waals surface area (Å²) in [7, 11) is 1.93. The van der Waals surface area contributed by atoms with Crippen molar-refractivity contribution in [3.05, 3.63) is 62.5 Å². The number of rotatable bonds is 3. The summed E-state index contributed by atoms with van der Waals surface area (Å²) in [6.45, 7) is 1.98. The molecule has 0 aliphatic carbocycles. The number of nitrogens with zero attached hydrogens (tertiary/aromatic N) is 3. The lowest BCUT2D eigenvalue weighted by Crippen LogP contribution is -2.01. The van der Waals surface area contributed by atoms with Crippen molar-refractivity contribution in [1.82, 2.24) is 9.55 Å². The molecule has 0 spiro atoms. The van der Waals surface area contributed by atoms with E-state index < -0.39 is 0 Å². The van der Waals surface area contributed by atoms with Gasteiger partial charge in [-0.3, -0.25) is 9.78 Å². The summed E-state index contributed by atoms with van der Waals surface area (Å²) in [4.78, 5) is 15.0. The Labute approximate surface area is 149 Å². The van der Waals surface area contributed by atoms with E-state index in [1.165, 1.54) is 6.20 Å². The lowest BCUT2D eigenvalue weighted by molar-refractivity contribution is 0.111. The predicted octanol–water partition coefficient (Wildman–Crippen LogP) is 4.46. The number of hydrogen-bond donors (Lipinski definition) is 0. The highest BCUT2D eigenvalue weighted by Gasteiger charge is 2.16. The fourth-order valence-corrected chi connectivity index (χ4v) is 3.36. The van der Waals surface area contributed by atoms with Gasteiger partial charge in [0.25, 0.3) is 0 Å². The first-order valence-corrected chi connectivity index (χ1v) is 7.99. The van der Waals surface area contributed by atoms with Gasteiger partial charge in [0.15, 0.2) is 6.29 Å². The largest absolute Gasteiger partial charge is 0.347 e. The molecule has 2 heterocycles. The van der Waals surface area contributed by atoms with Gasteiger partial charge in [0, 0.05) is 36.3 Å². The molecule has 120 valence electrons. The zero-order valence-corrected chi connectivity index (χ0v) is 14.6. The van der Waals surface area contributed by atoms with Crippen LogP contribution in [0.2, 0.25) is 10.0 Å². The van der Waals surface area contributed by atoms with Gasteiger partial charge in [0.05, 0.1) is 21.7 Å². The summed E-state index contributed by atoms with van der Waals surface area (Å²) in [5.41, 5.74) is 4.45. The first kappa shape index (κ1) is 16.5. The average Bonchev–Trinajstić information content (AvgIpc) is 2.88. The SMILES string of the molecule is Cc1cc(C#N)cc2c1cc(Cc1c(Cl)cnc(C=O)c1Cl)n2C. The molecule has 0 aliphatic rings. The van der Waals surface area contributed by atoms with E-state index >= 15 is 0 Å².